The number of amides is 2. The summed E-state index contributed by atoms with van der Waals surface area (Å²) < 4.78 is 0. The summed E-state index contributed by atoms with van der Waals surface area (Å²) in [6.45, 7) is 1.39. The van der Waals surface area contributed by atoms with E-state index in [9.17, 15) is 14.4 Å². The summed E-state index contributed by atoms with van der Waals surface area (Å²) >= 11 is 0. The van der Waals surface area contributed by atoms with Gasteiger partial charge in [0, 0.05) is 19.5 Å². The number of hydrogen-bond donors (Lipinski definition) is 3. The Balaban J connectivity index is 2.69. The third-order valence-corrected chi connectivity index (χ3v) is 3.29. The first-order chi connectivity index (χ1) is 8.90. The van der Waals surface area contributed by atoms with E-state index >= 15 is 0 Å². The maximum absolute atomic E-state index is 11.1. The molecule has 1 saturated carbocycles. The van der Waals surface area contributed by atoms with Crippen molar-refractivity contribution in [2.75, 3.05) is 13.1 Å². The zero-order chi connectivity index (χ0) is 14.4. The largest absolute Gasteiger partial charge is 0.480 e. The minimum Gasteiger partial charge on any atom is -0.480 e. The number of carbonyl (C=O) groups is 3. The summed E-state index contributed by atoms with van der Waals surface area (Å²) in [5, 5.41) is 11.5. The van der Waals surface area contributed by atoms with Gasteiger partial charge in [-0.25, -0.2) is 4.79 Å². The zero-order valence-corrected chi connectivity index (χ0v) is 11.1. The Morgan fingerprint density at radius 2 is 1.95 bits per heavy atom. The highest BCUT2D eigenvalue weighted by Gasteiger charge is 2.29. The number of aliphatic carboxylic acids is 1. The van der Waals surface area contributed by atoms with Crippen LogP contribution in [0.1, 0.15) is 32.6 Å². The molecule has 1 aliphatic rings. The van der Waals surface area contributed by atoms with E-state index in [0.29, 0.717) is 0 Å². The second kappa shape index (κ2) is 7.08. The van der Waals surface area contributed by atoms with Crippen molar-refractivity contribution < 1.29 is 19.5 Å². The molecule has 2 amide bonds. The molecule has 0 aromatic rings. The molecule has 7 nitrogen and oxygen atoms in total. The van der Waals surface area contributed by atoms with Gasteiger partial charge in [0.25, 0.3) is 0 Å². The summed E-state index contributed by atoms with van der Waals surface area (Å²) in [5.41, 5.74) is 5.20. The van der Waals surface area contributed by atoms with E-state index in [-0.39, 0.29) is 19.1 Å². The van der Waals surface area contributed by atoms with Gasteiger partial charge in [0.05, 0.1) is 6.54 Å². The van der Waals surface area contributed by atoms with Gasteiger partial charge in [-0.05, 0) is 12.8 Å². The number of rotatable bonds is 7. The molecule has 0 aromatic heterocycles. The van der Waals surface area contributed by atoms with Crippen molar-refractivity contribution in [1.82, 2.24) is 10.2 Å². The minimum atomic E-state index is -1.11. The normalized spacial score (nSPS) is 17.4. The van der Waals surface area contributed by atoms with E-state index in [4.69, 9.17) is 10.8 Å². The molecule has 1 fully saturated rings. The number of nitrogens with two attached hydrogens (primary N) is 1. The van der Waals surface area contributed by atoms with Gasteiger partial charge in [-0.1, -0.05) is 12.8 Å². The monoisotopic (exact) mass is 271 g/mol. The highest BCUT2D eigenvalue weighted by molar-refractivity contribution is 5.82. The first-order valence-electron chi connectivity index (χ1n) is 6.42. The third-order valence-electron chi connectivity index (χ3n) is 3.29. The maximum atomic E-state index is 11.1. The molecule has 0 aliphatic heterocycles. The molecule has 1 aliphatic carbocycles. The van der Waals surface area contributed by atoms with Gasteiger partial charge in [0.1, 0.15) is 6.04 Å². The molecule has 0 heterocycles. The standard InChI is InChI=1S/C12H21N3O4/c1-8(16)14-10(12(18)19)6-15(7-11(13)17)9-4-2-3-5-9/h9-10H,2-7H2,1H3,(H2,13,17)(H,14,16)(H,18,19). The second-order valence-corrected chi connectivity index (χ2v) is 4.93. The van der Waals surface area contributed by atoms with E-state index in [1.165, 1.54) is 6.92 Å². The molecule has 1 rings (SSSR count). The fraction of sp³-hybridized carbons (Fsp3) is 0.750. The van der Waals surface area contributed by atoms with Gasteiger partial charge < -0.3 is 16.2 Å². The van der Waals surface area contributed by atoms with Crippen LogP contribution in [0.15, 0.2) is 0 Å². The molecule has 0 saturated heterocycles. The number of carboxylic acids is 1. The van der Waals surface area contributed by atoms with E-state index in [0.717, 1.165) is 25.7 Å². The molecule has 19 heavy (non-hydrogen) atoms. The Morgan fingerprint density at radius 1 is 1.37 bits per heavy atom. The molecule has 7 heteroatoms. The molecule has 0 aromatic carbocycles. The Kier molecular flexibility index (Phi) is 5.75. The zero-order valence-electron chi connectivity index (χ0n) is 11.1. The van der Waals surface area contributed by atoms with E-state index < -0.39 is 23.8 Å². The lowest BCUT2D eigenvalue weighted by molar-refractivity contribution is -0.142. The second-order valence-electron chi connectivity index (χ2n) is 4.93. The van der Waals surface area contributed by atoms with Gasteiger partial charge in [0.15, 0.2) is 0 Å². The Hall–Kier alpha value is -1.63. The van der Waals surface area contributed by atoms with Gasteiger partial charge in [0.2, 0.25) is 11.8 Å². The average molecular weight is 271 g/mol. The van der Waals surface area contributed by atoms with Crippen LogP contribution >= 0.6 is 0 Å². The predicted molar refractivity (Wildman–Crippen MR) is 68.3 cm³/mol. The molecule has 1 unspecified atom stereocenters. The van der Waals surface area contributed by atoms with Crippen LogP contribution in [0, 0.1) is 0 Å². The van der Waals surface area contributed by atoms with Gasteiger partial charge in [-0.2, -0.15) is 0 Å². The molecule has 0 radical (unpaired) electrons. The van der Waals surface area contributed by atoms with Crippen molar-refractivity contribution in [3.05, 3.63) is 0 Å². The summed E-state index contributed by atoms with van der Waals surface area (Å²) in [7, 11) is 0. The van der Waals surface area contributed by atoms with Crippen molar-refractivity contribution in [3.63, 3.8) is 0 Å². The highest BCUT2D eigenvalue weighted by atomic mass is 16.4. The summed E-state index contributed by atoms with van der Waals surface area (Å²) in [6, 6.07) is -0.847. The molecule has 4 N–H and O–H groups in total. The van der Waals surface area contributed by atoms with E-state index in [2.05, 4.69) is 5.32 Å². The van der Waals surface area contributed by atoms with Gasteiger partial charge in [-0.15, -0.1) is 0 Å². The van der Waals surface area contributed by atoms with Gasteiger partial charge >= 0.3 is 5.97 Å². The Bertz CT molecular complexity index is 353. The Labute approximate surface area is 112 Å². The van der Waals surface area contributed by atoms with Crippen molar-refractivity contribution >= 4 is 17.8 Å². The van der Waals surface area contributed by atoms with Crippen LogP contribution in [0.3, 0.4) is 0 Å². The van der Waals surface area contributed by atoms with Crippen LogP contribution in [-0.2, 0) is 14.4 Å². The summed E-state index contributed by atoms with van der Waals surface area (Å²) in [5.74, 6) is -2.00. The lowest BCUT2D eigenvalue weighted by Crippen LogP contribution is -2.52. The first-order valence-corrected chi connectivity index (χ1v) is 6.42. The smallest absolute Gasteiger partial charge is 0.327 e. The number of primary amides is 1. The van der Waals surface area contributed by atoms with Crippen LogP contribution in [0.4, 0.5) is 0 Å². The highest BCUT2D eigenvalue weighted by Crippen LogP contribution is 2.23. The number of nitrogens with zero attached hydrogens (tertiary/aromatic N) is 1. The quantitative estimate of drug-likeness (QED) is 0.567. The number of carboxylic acid groups (broad SMARTS) is 1. The van der Waals surface area contributed by atoms with Crippen LogP contribution in [-0.4, -0.2) is 53.0 Å². The minimum absolute atomic E-state index is 0.0219. The van der Waals surface area contributed by atoms with Crippen molar-refractivity contribution in [1.29, 1.82) is 0 Å². The van der Waals surface area contributed by atoms with Crippen LogP contribution in [0.2, 0.25) is 0 Å². The summed E-state index contributed by atoms with van der Waals surface area (Å²) in [4.78, 5) is 35.0. The Morgan fingerprint density at radius 3 is 2.37 bits per heavy atom. The van der Waals surface area contributed by atoms with Crippen molar-refractivity contribution in [3.8, 4) is 0 Å². The van der Waals surface area contributed by atoms with Crippen LogP contribution in [0.25, 0.3) is 0 Å². The maximum Gasteiger partial charge on any atom is 0.327 e. The topological polar surface area (TPSA) is 113 Å². The molecule has 0 spiro atoms. The first kappa shape index (κ1) is 15.4. The molecular weight excluding hydrogens is 250 g/mol. The number of nitrogens with one attached hydrogen (secondary N) is 1. The summed E-state index contributed by atoms with van der Waals surface area (Å²) in [6.07, 6.45) is 4.00. The fourth-order valence-electron chi connectivity index (χ4n) is 2.48. The van der Waals surface area contributed by atoms with Gasteiger partial charge in [-0.3, -0.25) is 14.5 Å². The van der Waals surface area contributed by atoms with Crippen LogP contribution < -0.4 is 11.1 Å². The SMILES string of the molecule is CC(=O)NC(CN(CC(N)=O)C1CCCC1)C(=O)O. The van der Waals surface area contributed by atoms with Crippen LogP contribution in [0.5, 0.6) is 0 Å². The number of carbonyl (C=O) groups excluding carboxylic acids is 2. The fourth-order valence-corrected chi connectivity index (χ4v) is 2.48. The predicted octanol–water partition coefficient (Wildman–Crippen LogP) is -0.694. The third kappa shape index (κ3) is 5.25. The van der Waals surface area contributed by atoms with Crippen molar-refractivity contribution in [2.45, 2.75) is 44.7 Å². The lowest BCUT2D eigenvalue weighted by Gasteiger charge is -2.30. The molecule has 1 atom stereocenters. The molecular formula is C12H21N3O4. The number of hydrogen-bond acceptors (Lipinski definition) is 4. The lowest BCUT2D eigenvalue weighted by atomic mass is 10.1. The molecule has 0 bridgehead atoms. The molecule has 108 valence electrons. The van der Waals surface area contributed by atoms with Crippen molar-refractivity contribution in [2.24, 2.45) is 5.73 Å². The van der Waals surface area contributed by atoms with E-state index in [1.807, 2.05) is 0 Å². The van der Waals surface area contributed by atoms with E-state index in [1.54, 1.807) is 4.90 Å². The average Bonchev–Trinajstić information content (AvgIpc) is 2.78.